The van der Waals surface area contributed by atoms with Crippen molar-refractivity contribution in [2.45, 2.75) is 73.1 Å². The van der Waals surface area contributed by atoms with E-state index in [0.29, 0.717) is 19.8 Å². The first kappa shape index (κ1) is 34.3. The van der Waals surface area contributed by atoms with Gasteiger partial charge in [0, 0.05) is 52.1 Å². The fourth-order valence-electron chi connectivity index (χ4n) is 0.769. The van der Waals surface area contributed by atoms with Crippen LogP contribution in [-0.4, -0.2) is 46.0 Å². The SMILES string of the molecule is CC(=O)/C=C(/C)O.CCCCO.CCCCO.CCCCO.[Zr]. The number of unbranched alkanes of at least 4 members (excludes halogenated alkanes) is 3. The number of aliphatic hydroxyl groups excluding tert-OH is 4. The average molecular weight is 414 g/mol. The summed E-state index contributed by atoms with van der Waals surface area (Å²) in [6.45, 7) is 10.0. The van der Waals surface area contributed by atoms with Gasteiger partial charge in [-0.2, -0.15) is 0 Å². The second-order valence-electron chi connectivity index (χ2n) is 4.63. The van der Waals surface area contributed by atoms with E-state index in [2.05, 4.69) is 20.8 Å². The van der Waals surface area contributed by atoms with Crippen LogP contribution in [-0.2, 0) is 31.0 Å². The fourth-order valence-corrected chi connectivity index (χ4v) is 0.769. The topological polar surface area (TPSA) is 98.0 Å². The maximum atomic E-state index is 10.0. The van der Waals surface area contributed by atoms with E-state index in [0.717, 1.165) is 38.5 Å². The first-order chi connectivity index (χ1) is 10.4. The molecule has 0 atom stereocenters. The van der Waals surface area contributed by atoms with Crippen molar-refractivity contribution in [1.82, 2.24) is 0 Å². The maximum Gasteiger partial charge on any atom is 0.155 e. The Bertz CT molecular complexity index is 197. The first-order valence-corrected chi connectivity index (χ1v) is 8.08. The van der Waals surface area contributed by atoms with Crippen LogP contribution in [0.2, 0.25) is 0 Å². The Morgan fingerprint density at radius 3 is 1.04 bits per heavy atom. The van der Waals surface area contributed by atoms with Gasteiger partial charge in [0.1, 0.15) is 0 Å². The monoisotopic (exact) mass is 412 g/mol. The predicted octanol–water partition coefficient (Wildman–Crippen LogP) is 3.37. The Balaban J connectivity index is -0.0000000625. The molecule has 5 nitrogen and oxygen atoms in total. The van der Waals surface area contributed by atoms with Gasteiger partial charge in [0.2, 0.25) is 0 Å². The summed E-state index contributed by atoms with van der Waals surface area (Å²) in [7, 11) is 0. The normalized spacial score (nSPS) is 8.96. The number of allylic oxidation sites excluding steroid dienone is 2. The molecular weight excluding hydrogens is 375 g/mol. The quantitative estimate of drug-likeness (QED) is 0.379. The minimum atomic E-state index is -0.125. The summed E-state index contributed by atoms with van der Waals surface area (Å²) in [5.41, 5.74) is 0. The molecular formula is C17H38O5Zr. The van der Waals surface area contributed by atoms with Crippen LogP contribution in [0.15, 0.2) is 11.8 Å². The molecule has 0 aromatic carbocycles. The molecule has 0 amide bonds. The molecule has 4 N–H and O–H groups in total. The van der Waals surface area contributed by atoms with Crippen molar-refractivity contribution in [1.29, 1.82) is 0 Å². The summed E-state index contributed by atoms with van der Waals surface area (Å²) in [5.74, 6) is -0.0625. The first-order valence-electron chi connectivity index (χ1n) is 8.08. The Kier molecular flexibility index (Phi) is 56.6. The van der Waals surface area contributed by atoms with Gasteiger partial charge in [-0.15, -0.1) is 0 Å². The van der Waals surface area contributed by atoms with Crippen LogP contribution in [0.25, 0.3) is 0 Å². The van der Waals surface area contributed by atoms with Crippen molar-refractivity contribution < 1.29 is 51.4 Å². The number of aliphatic hydroxyl groups is 4. The predicted molar refractivity (Wildman–Crippen MR) is 93.0 cm³/mol. The Hall–Kier alpha value is -0.0269. The van der Waals surface area contributed by atoms with Crippen LogP contribution in [0.3, 0.4) is 0 Å². The minimum absolute atomic E-state index is 0. The molecule has 0 spiro atoms. The average Bonchev–Trinajstić information content (AvgIpc) is 2.42. The molecule has 23 heavy (non-hydrogen) atoms. The van der Waals surface area contributed by atoms with E-state index in [1.165, 1.54) is 19.9 Å². The number of hydrogen-bond acceptors (Lipinski definition) is 5. The molecule has 0 aliphatic rings. The smallest absolute Gasteiger partial charge is 0.155 e. The molecule has 0 fully saturated rings. The zero-order valence-corrected chi connectivity index (χ0v) is 18.1. The van der Waals surface area contributed by atoms with Gasteiger partial charge in [0.25, 0.3) is 0 Å². The molecule has 0 unspecified atom stereocenters. The van der Waals surface area contributed by atoms with E-state index in [1.54, 1.807) is 0 Å². The van der Waals surface area contributed by atoms with Crippen LogP contribution in [0.1, 0.15) is 73.1 Å². The number of ketones is 1. The van der Waals surface area contributed by atoms with Crippen molar-refractivity contribution in [2.24, 2.45) is 0 Å². The summed E-state index contributed by atoms with van der Waals surface area (Å²) >= 11 is 0. The molecule has 0 aliphatic heterocycles. The van der Waals surface area contributed by atoms with Crippen LogP contribution >= 0.6 is 0 Å². The second-order valence-corrected chi connectivity index (χ2v) is 4.63. The molecule has 0 aromatic heterocycles. The molecule has 0 saturated heterocycles. The molecule has 0 bridgehead atoms. The van der Waals surface area contributed by atoms with Crippen molar-refractivity contribution in [2.75, 3.05) is 19.8 Å². The van der Waals surface area contributed by atoms with E-state index >= 15 is 0 Å². The van der Waals surface area contributed by atoms with Gasteiger partial charge in [-0.3, -0.25) is 4.79 Å². The largest absolute Gasteiger partial charge is 0.512 e. The molecule has 0 saturated carbocycles. The number of hydrogen-bond donors (Lipinski definition) is 4. The van der Waals surface area contributed by atoms with E-state index in [9.17, 15) is 4.79 Å². The van der Waals surface area contributed by atoms with E-state index < -0.39 is 0 Å². The summed E-state index contributed by atoms with van der Waals surface area (Å²) in [4.78, 5) is 10.0. The molecule has 0 aromatic rings. The maximum absolute atomic E-state index is 10.0. The fraction of sp³-hybridized carbons (Fsp3) is 0.824. The Morgan fingerprint density at radius 1 is 0.783 bits per heavy atom. The van der Waals surface area contributed by atoms with Crippen molar-refractivity contribution >= 4 is 5.78 Å². The van der Waals surface area contributed by atoms with Crippen molar-refractivity contribution in [3.8, 4) is 0 Å². The number of rotatable bonds is 7. The number of carbonyl (C=O) groups is 1. The third kappa shape index (κ3) is 88.1. The molecule has 140 valence electrons. The summed E-state index contributed by atoms with van der Waals surface area (Å²) in [5, 5.41) is 32.6. The van der Waals surface area contributed by atoms with Gasteiger partial charge in [-0.05, 0) is 33.1 Å². The molecule has 0 heterocycles. The summed E-state index contributed by atoms with van der Waals surface area (Å²) in [6.07, 6.45) is 7.28. The van der Waals surface area contributed by atoms with Gasteiger partial charge < -0.3 is 20.4 Å². The molecule has 6 heteroatoms. The molecule has 0 radical (unpaired) electrons. The van der Waals surface area contributed by atoms with E-state index in [-0.39, 0.29) is 37.7 Å². The Labute approximate surface area is 161 Å². The standard InChI is InChI=1S/C5H8O2.3C4H10O.Zr/c1-4(6)3-5(2)7;3*1-2-3-4-5;/h3,6H,1-2H3;3*5H,2-4H2,1H3;/b4-3-;;;;. The van der Waals surface area contributed by atoms with Crippen molar-refractivity contribution in [3.63, 3.8) is 0 Å². The summed E-state index contributed by atoms with van der Waals surface area (Å²) in [6, 6.07) is 0. The van der Waals surface area contributed by atoms with Gasteiger partial charge in [-0.25, -0.2) is 0 Å². The van der Waals surface area contributed by atoms with E-state index in [1.807, 2.05) is 0 Å². The molecule has 0 aliphatic carbocycles. The zero-order chi connectivity index (χ0) is 18.2. The Morgan fingerprint density at radius 2 is 1.04 bits per heavy atom. The van der Waals surface area contributed by atoms with Crippen LogP contribution < -0.4 is 0 Å². The van der Waals surface area contributed by atoms with Gasteiger partial charge >= 0.3 is 0 Å². The van der Waals surface area contributed by atoms with Gasteiger partial charge in [0.05, 0.1) is 5.76 Å². The van der Waals surface area contributed by atoms with Crippen LogP contribution in [0, 0.1) is 0 Å². The summed E-state index contributed by atoms with van der Waals surface area (Å²) < 4.78 is 0. The third-order valence-corrected chi connectivity index (χ3v) is 1.95. The van der Waals surface area contributed by atoms with Crippen LogP contribution in [0.4, 0.5) is 0 Å². The van der Waals surface area contributed by atoms with Gasteiger partial charge in [0.15, 0.2) is 5.78 Å². The van der Waals surface area contributed by atoms with Gasteiger partial charge in [-0.1, -0.05) is 40.0 Å². The minimum Gasteiger partial charge on any atom is -0.512 e. The second kappa shape index (κ2) is 37.9. The van der Waals surface area contributed by atoms with Crippen molar-refractivity contribution in [3.05, 3.63) is 11.8 Å². The zero-order valence-electron chi connectivity index (χ0n) is 15.6. The van der Waals surface area contributed by atoms with E-state index in [4.69, 9.17) is 20.4 Å². The molecule has 0 rings (SSSR count). The number of carbonyl (C=O) groups excluding carboxylic acids is 1. The third-order valence-electron chi connectivity index (χ3n) is 1.95. The van der Waals surface area contributed by atoms with Crippen LogP contribution in [0.5, 0.6) is 0 Å².